The lowest BCUT2D eigenvalue weighted by Gasteiger charge is -2.12. The van der Waals surface area contributed by atoms with Crippen molar-refractivity contribution in [1.82, 2.24) is 5.32 Å². The van der Waals surface area contributed by atoms with Gasteiger partial charge in [0.25, 0.3) is 0 Å². The molecule has 0 bridgehead atoms. The van der Waals surface area contributed by atoms with Gasteiger partial charge < -0.3 is 10.6 Å². The maximum atomic E-state index is 12.0. The molecule has 0 aliphatic carbocycles. The molecule has 0 aliphatic heterocycles. The van der Waals surface area contributed by atoms with Crippen molar-refractivity contribution in [2.24, 2.45) is 0 Å². The second-order valence-corrected chi connectivity index (χ2v) is 6.71. The molecule has 3 nitrogen and oxygen atoms in total. The summed E-state index contributed by atoms with van der Waals surface area (Å²) in [5.41, 5.74) is 3.98. The van der Waals surface area contributed by atoms with Crippen LogP contribution >= 0.6 is 23.2 Å². The van der Waals surface area contributed by atoms with Crippen LogP contribution in [0.4, 0.5) is 5.69 Å². The highest BCUT2D eigenvalue weighted by Crippen LogP contribution is 2.27. The van der Waals surface area contributed by atoms with Crippen LogP contribution in [0.3, 0.4) is 0 Å². The second-order valence-electron chi connectivity index (χ2n) is 5.86. The molecule has 128 valence electrons. The van der Waals surface area contributed by atoms with E-state index >= 15 is 0 Å². The number of hydrogen-bond donors (Lipinski definition) is 2. The molecule has 2 aromatic carbocycles. The Morgan fingerprint density at radius 2 is 1.75 bits per heavy atom. The molecular weight excluding hydrogens is 343 g/mol. The number of amides is 1. The summed E-state index contributed by atoms with van der Waals surface area (Å²) in [6.07, 6.45) is 1.31. The number of aryl methyl sites for hydroxylation is 2. The molecular formula is C19H22Cl2N2O. The highest BCUT2D eigenvalue weighted by atomic mass is 35.5. The molecule has 0 fully saturated rings. The Morgan fingerprint density at radius 3 is 2.42 bits per heavy atom. The van der Waals surface area contributed by atoms with E-state index < -0.39 is 0 Å². The fourth-order valence-corrected chi connectivity index (χ4v) is 2.98. The summed E-state index contributed by atoms with van der Waals surface area (Å²) in [4.78, 5) is 12.0. The quantitative estimate of drug-likeness (QED) is 0.694. The maximum absolute atomic E-state index is 12.0. The van der Waals surface area contributed by atoms with E-state index in [0.717, 1.165) is 29.1 Å². The fraction of sp³-hybridized carbons (Fsp3) is 0.316. The van der Waals surface area contributed by atoms with Crippen molar-refractivity contribution in [2.45, 2.75) is 26.7 Å². The first-order chi connectivity index (χ1) is 11.5. The van der Waals surface area contributed by atoms with Crippen LogP contribution in [0.5, 0.6) is 0 Å². The lowest BCUT2D eigenvalue weighted by Crippen LogP contribution is -2.24. The molecule has 0 unspecified atom stereocenters. The topological polar surface area (TPSA) is 41.1 Å². The van der Waals surface area contributed by atoms with E-state index in [9.17, 15) is 4.79 Å². The van der Waals surface area contributed by atoms with Crippen LogP contribution in [-0.2, 0) is 11.2 Å². The minimum absolute atomic E-state index is 0.0390. The van der Waals surface area contributed by atoms with Crippen molar-refractivity contribution in [3.8, 4) is 0 Å². The molecule has 0 atom stereocenters. The van der Waals surface area contributed by atoms with Crippen LogP contribution in [0.1, 0.15) is 23.1 Å². The van der Waals surface area contributed by atoms with Gasteiger partial charge in [-0.2, -0.15) is 0 Å². The third-order valence-electron chi connectivity index (χ3n) is 3.73. The summed E-state index contributed by atoms with van der Waals surface area (Å²) >= 11 is 12.1. The zero-order chi connectivity index (χ0) is 17.5. The third-order valence-corrected chi connectivity index (χ3v) is 4.28. The zero-order valence-electron chi connectivity index (χ0n) is 14.0. The Balaban J connectivity index is 1.71. The molecule has 2 rings (SSSR count). The Labute approximate surface area is 153 Å². The van der Waals surface area contributed by atoms with E-state index in [-0.39, 0.29) is 5.91 Å². The average molecular weight is 365 g/mol. The van der Waals surface area contributed by atoms with Crippen LogP contribution in [0.2, 0.25) is 10.0 Å². The van der Waals surface area contributed by atoms with Gasteiger partial charge in [0, 0.05) is 18.0 Å². The van der Waals surface area contributed by atoms with E-state index in [2.05, 4.69) is 10.6 Å². The lowest BCUT2D eigenvalue weighted by atomic mass is 10.1. The summed E-state index contributed by atoms with van der Waals surface area (Å²) in [6, 6.07) is 11.7. The van der Waals surface area contributed by atoms with Crippen molar-refractivity contribution >= 4 is 34.8 Å². The van der Waals surface area contributed by atoms with Gasteiger partial charge >= 0.3 is 0 Å². The maximum Gasteiger partial charge on any atom is 0.225 e. The molecule has 2 aromatic rings. The molecule has 5 heteroatoms. The van der Waals surface area contributed by atoms with Gasteiger partial charge in [0.15, 0.2) is 0 Å². The van der Waals surface area contributed by atoms with E-state index in [0.29, 0.717) is 23.7 Å². The van der Waals surface area contributed by atoms with Crippen LogP contribution in [0.25, 0.3) is 0 Å². The minimum Gasteiger partial charge on any atom is -0.325 e. The summed E-state index contributed by atoms with van der Waals surface area (Å²) < 4.78 is 0. The molecule has 0 heterocycles. The van der Waals surface area contributed by atoms with Crippen molar-refractivity contribution in [3.63, 3.8) is 0 Å². The number of carbonyl (C=O) groups excluding carboxylic acids is 1. The Kier molecular flexibility index (Phi) is 7.10. The summed E-state index contributed by atoms with van der Waals surface area (Å²) in [5, 5.41) is 7.50. The van der Waals surface area contributed by atoms with Crippen molar-refractivity contribution in [3.05, 3.63) is 63.1 Å². The summed E-state index contributed by atoms with van der Waals surface area (Å²) in [7, 11) is 0. The minimum atomic E-state index is -0.0390. The van der Waals surface area contributed by atoms with Gasteiger partial charge in [0.2, 0.25) is 5.91 Å². The van der Waals surface area contributed by atoms with Gasteiger partial charge in [-0.25, -0.2) is 0 Å². The number of nitrogens with one attached hydrogen (secondary N) is 2. The summed E-state index contributed by atoms with van der Waals surface area (Å²) in [5.74, 6) is -0.0390. The third kappa shape index (κ3) is 5.82. The Bertz CT molecular complexity index is 676. The molecule has 0 aliphatic rings. The number of benzene rings is 2. The number of rotatable bonds is 7. The van der Waals surface area contributed by atoms with Crippen LogP contribution < -0.4 is 10.6 Å². The Morgan fingerprint density at radius 1 is 1.04 bits per heavy atom. The largest absolute Gasteiger partial charge is 0.325 e. The van der Waals surface area contributed by atoms with Gasteiger partial charge in [0.05, 0.1) is 10.7 Å². The van der Waals surface area contributed by atoms with E-state index in [1.165, 1.54) is 5.56 Å². The van der Waals surface area contributed by atoms with Gasteiger partial charge in [-0.15, -0.1) is 0 Å². The van der Waals surface area contributed by atoms with E-state index in [1.54, 1.807) is 0 Å². The van der Waals surface area contributed by atoms with Gasteiger partial charge in [-0.05, 0) is 61.7 Å². The first kappa shape index (κ1) is 18.8. The van der Waals surface area contributed by atoms with Gasteiger partial charge in [-0.1, -0.05) is 41.4 Å². The Hall–Kier alpha value is -1.55. The lowest BCUT2D eigenvalue weighted by molar-refractivity contribution is -0.116. The number of hydrogen-bond acceptors (Lipinski definition) is 2. The SMILES string of the molecule is Cc1cc(C)c(NC(=O)CCNCCc2ccc(Cl)cc2)c(Cl)c1. The predicted molar refractivity (Wildman–Crippen MR) is 102 cm³/mol. The zero-order valence-corrected chi connectivity index (χ0v) is 15.5. The van der Waals surface area contributed by atoms with Gasteiger partial charge in [-0.3, -0.25) is 4.79 Å². The van der Waals surface area contributed by atoms with Crippen molar-refractivity contribution in [1.29, 1.82) is 0 Å². The first-order valence-corrected chi connectivity index (χ1v) is 8.73. The van der Waals surface area contributed by atoms with Crippen LogP contribution in [0, 0.1) is 13.8 Å². The van der Waals surface area contributed by atoms with Crippen molar-refractivity contribution in [2.75, 3.05) is 18.4 Å². The molecule has 0 spiro atoms. The van der Waals surface area contributed by atoms with Crippen LogP contribution in [0.15, 0.2) is 36.4 Å². The fourth-order valence-electron chi connectivity index (χ4n) is 2.49. The first-order valence-electron chi connectivity index (χ1n) is 7.97. The van der Waals surface area contributed by atoms with Crippen molar-refractivity contribution < 1.29 is 4.79 Å². The normalized spacial score (nSPS) is 10.7. The highest BCUT2D eigenvalue weighted by Gasteiger charge is 2.09. The average Bonchev–Trinajstić information content (AvgIpc) is 2.52. The predicted octanol–water partition coefficient (Wildman–Crippen LogP) is 4.77. The van der Waals surface area contributed by atoms with E-state index in [1.807, 2.05) is 50.2 Å². The standard InChI is InChI=1S/C19H22Cl2N2O/c1-13-11-14(2)19(17(21)12-13)23-18(24)8-10-22-9-7-15-3-5-16(20)6-4-15/h3-6,11-12,22H,7-10H2,1-2H3,(H,23,24). The van der Waals surface area contributed by atoms with Gasteiger partial charge in [0.1, 0.15) is 0 Å². The van der Waals surface area contributed by atoms with E-state index in [4.69, 9.17) is 23.2 Å². The second kappa shape index (κ2) is 9.07. The summed E-state index contributed by atoms with van der Waals surface area (Å²) in [6.45, 7) is 5.37. The molecule has 2 N–H and O–H groups in total. The van der Waals surface area contributed by atoms with Crippen LogP contribution in [-0.4, -0.2) is 19.0 Å². The molecule has 0 saturated carbocycles. The smallest absolute Gasteiger partial charge is 0.225 e. The number of halogens is 2. The number of carbonyl (C=O) groups is 1. The molecule has 0 saturated heterocycles. The monoisotopic (exact) mass is 364 g/mol. The molecule has 1 amide bonds. The highest BCUT2D eigenvalue weighted by molar-refractivity contribution is 6.34. The molecule has 0 aromatic heterocycles. The number of anilines is 1. The molecule has 24 heavy (non-hydrogen) atoms. The molecule has 0 radical (unpaired) electrons.